The van der Waals surface area contributed by atoms with E-state index in [-0.39, 0.29) is 12.3 Å². The summed E-state index contributed by atoms with van der Waals surface area (Å²) in [6, 6.07) is 9.47. The van der Waals surface area contributed by atoms with Gasteiger partial charge < -0.3 is 0 Å². The molecule has 1 N–H and O–H groups in total. The number of benzene rings is 1. The van der Waals surface area contributed by atoms with Crippen LogP contribution in [-0.2, 0) is 17.8 Å². The van der Waals surface area contributed by atoms with Crippen LogP contribution in [0, 0.1) is 0 Å². The zero-order valence-corrected chi connectivity index (χ0v) is 20.0. The van der Waals surface area contributed by atoms with Gasteiger partial charge in [0.05, 0.1) is 43.1 Å². The largest absolute Gasteiger partial charge is 0.273 e. The van der Waals surface area contributed by atoms with Crippen molar-refractivity contribution in [3.8, 4) is 0 Å². The van der Waals surface area contributed by atoms with Crippen molar-refractivity contribution < 1.29 is 4.79 Å². The quantitative estimate of drug-likeness (QED) is 0.297. The lowest BCUT2D eigenvalue weighted by atomic mass is 10.2. The second-order valence-electron chi connectivity index (χ2n) is 5.48. The predicted octanol–water partition coefficient (Wildman–Crippen LogP) is 5.63. The highest BCUT2D eigenvalue weighted by Gasteiger charge is 2.11. The van der Waals surface area contributed by atoms with Crippen LogP contribution in [-0.4, -0.2) is 21.9 Å². The lowest BCUT2D eigenvalue weighted by molar-refractivity contribution is -0.120. The average Bonchev–Trinajstić information content (AvgIpc) is 3.12. The van der Waals surface area contributed by atoms with E-state index >= 15 is 0 Å². The van der Waals surface area contributed by atoms with Crippen molar-refractivity contribution in [3.05, 3.63) is 70.4 Å². The Balaban J connectivity index is 1.64. The van der Waals surface area contributed by atoms with Gasteiger partial charge in [0, 0.05) is 5.02 Å². The minimum atomic E-state index is -0.197. The van der Waals surface area contributed by atoms with E-state index in [2.05, 4.69) is 63.4 Å². The van der Waals surface area contributed by atoms with Crippen molar-refractivity contribution in [1.29, 1.82) is 0 Å². The van der Waals surface area contributed by atoms with Gasteiger partial charge >= 0.3 is 0 Å². The summed E-state index contributed by atoms with van der Waals surface area (Å²) in [4.78, 5) is 12.1. The monoisotopic (exact) mass is 592 g/mol. The number of amides is 1. The molecule has 0 aliphatic carbocycles. The van der Waals surface area contributed by atoms with Crippen molar-refractivity contribution >= 4 is 82.8 Å². The molecule has 0 unspecified atom stereocenters. The molecule has 5 nitrogen and oxygen atoms in total. The fourth-order valence-electron chi connectivity index (χ4n) is 2.26. The molecule has 3 rings (SSSR count). The number of carbonyl (C=O) groups is 1. The molecule has 1 amide bonds. The van der Waals surface area contributed by atoms with E-state index in [0.29, 0.717) is 11.6 Å². The lowest BCUT2D eigenvalue weighted by Crippen LogP contribution is -2.20. The van der Waals surface area contributed by atoms with E-state index < -0.39 is 0 Å². The molecule has 0 aliphatic heterocycles. The highest BCUT2D eigenvalue weighted by atomic mass is 79.9. The number of aromatic nitrogens is 2. The Morgan fingerprint density at radius 2 is 2.04 bits per heavy atom. The highest BCUT2D eigenvalue weighted by Crippen LogP contribution is 2.32. The number of hydrogen-bond acceptors (Lipinski definition) is 4. The lowest BCUT2D eigenvalue weighted by Gasteiger charge is -2.05. The van der Waals surface area contributed by atoms with E-state index in [1.165, 1.54) is 11.3 Å². The molecule has 0 spiro atoms. The second-order valence-corrected chi connectivity index (χ2v) is 10.5. The van der Waals surface area contributed by atoms with Crippen molar-refractivity contribution in [1.82, 2.24) is 15.2 Å². The average molecular weight is 596 g/mol. The number of nitrogens with one attached hydrogen (secondary N) is 1. The first-order chi connectivity index (χ1) is 12.9. The van der Waals surface area contributed by atoms with Crippen molar-refractivity contribution in [2.75, 3.05) is 0 Å². The van der Waals surface area contributed by atoms with Crippen LogP contribution in [0.5, 0.6) is 0 Å². The molecule has 0 radical (unpaired) electrons. The first-order valence-corrected chi connectivity index (χ1v) is 11.2. The number of hydrazone groups is 1. The van der Waals surface area contributed by atoms with Crippen LogP contribution >= 0.6 is 70.7 Å². The Morgan fingerprint density at radius 3 is 2.70 bits per heavy atom. The van der Waals surface area contributed by atoms with Gasteiger partial charge in [-0.1, -0.05) is 23.7 Å². The van der Waals surface area contributed by atoms with Crippen LogP contribution in [0.2, 0.25) is 5.02 Å². The van der Waals surface area contributed by atoms with E-state index in [0.717, 1.165) is 28.9 Å². The molecule has 0 atom stereocenters. The first-order valence-electron chi connectivity index (χ1n) is 7.63. The van der Waals surface area contributed by atoms with Crippen LogP contribution in [0.25, 0.3) is 0 Å². The molecule has 0 saturated carbocycles. The summed E-state index contributed by atoms with van der Waals surface area (Å²) in [6.45, 7) is 0.563. The van der Waals surface area contributed by atoms with Gasteiger partial charge in [0.2, 0.25) is 5.91 Å². The zero-order valence-electron chi connectivity index (χ0n) is 13.6. The van der Waals surface area contributed by atoms with Crippen LogP contribution in [0.1, 0.15) is 16.8 Å². The smallest absolute Gasteiger partial charge is 0.244 e. The van der Waals surface area contributed by atoms with Crippen molar-refractivity contribution in [2.24, 2.45) is 5.10 Å². The summed E-state index contributed by atoms with van der Waals surface area (Å²) in [6.07, 6.45) is 3.51. The fourth-order valence-corrected chi connectivity index (χ4v) is 5.61. The Bertz CT molecular complexity index is 985. The van der Waals surface area contributed by atoms with Gasteiger partial charge in [-0.2, -0.15) is 10.2 Å². The van der Waals surface area contributed by atoms with Crippen molar-refractivity contribution in [2.45, 2.75) is 13.0 Å². The van der Waals surface area contributed by atoms with E-state index in [4.69, 9.17) is 11.6 Å². The molecule has 0 saturated heterocycles. The molecular formula is C17H12Br3ClN4OS. The topological polar surface area (TPSA) is 59.3 Å². The highest BCUT2D eigenvalue weighted by molar-refractivity contribution is 9.12. The number of nitrogens with zero attached hydrogens (tertiary/aromatic N) is 3. The number of rotatable bonds is 6. The van der Waals surface area contributed by atoms with Gasteiger partial charge in [-0.3, -0.25) is 9.48 Å². The fraction of sp³-hybridized carbons (Fsp3) is 0.118. The molecule has 2 aromatic heterocycles. The molecule has 10 heteroatoms. The van der Waals surface area contributed by atoms with Crippen LogP contribution in [0.15, 0.2) is 53.7 Å². The van der Waals surface area contributed by atoms with E-state index in [1.807, 2.05) is 30.3 Å². The molecule has 2 heterocycles. The van der Waals surface area contributed by atoms with E-state index in [1.54, 1.807) is 17.1 Å². The number of thiophene rings is 1. The maximum absolute atomic E-state index is 12.1. The Kier molecular flexibility index (Phi) is 7.27. The molecule has 0 fully saturated rings. The normalized spacial score (nSPS) is 11.3. The Hall–Kier alpha value is -1.00. The van der Waals surface area contributed by atoms with Gasteiger partial charge in [0.1, 0.15) is 0 Å². The van der Waals surface area contributed by atoms with Gasteiger partial charge in [0.15, 0.2) is 0 Å². The standard InChI is InChI=1S/C17H12Br3ClN4OS/c18-13-7-23-25(9-10-1-3-12(21)4-2-10)14(13)8-22-24-16(26)6-11-5-15(19)27-17(11)20/h1-5,7-8H,6,9H2,(H,24,26). The number of hydrogen-bond donors (Lipinski definition) is 1. The second kappa shape index (κ2) is 9.47. The Morgan fingerprint density at radius 1 is 1.30 bits per heavy atom. The zero-order chi connectivity index (χ0) is 19.4. The molecule has 140 valence electrons. The summed E-state index contributed by atoms with van der Waals surface area (Å²) in [7, 11) is 0. The molecule has 27 heavy (non-hydrogen) atoms. The molecule has 1 aromatic carbocycles. The van der Waals surface area contributed by atoms with Crippen LogP contribution < -0.4 is 5.43 Å². The predicted molar refractivity (Wildman–Crippen MR) is 120 cm³/mol. The Labute approximate surface area is 190 Å². The minimum absolute atomic E-state index is 0.197. The summed E-state index contributed by atoms with van der Waals surface area (Å²) in [5, 5.41) is 9.09. The number of halogens is 4. The molecule has 0 bridgehead atoms. The minimum Gasteiger partial charge on any atom is -0.273 e. The third-order valence-corrected chi connectivity index (χ3v) is 6.86. The maximum atomic E-state index is 12.1. The summed E-state index contributed by atoms with van der Waals surface area (Å²) in [5.41, 5.74) is 5.27. The third-order valence-electron chi connectivity index (χ3n) is 3.53. The van der Waals surface area contributed by atoms with Gasteiger partial charge in [-0.25, -0.2) is 5.43 Å². The van der Waals surface area contributed by atoms with Gasteiger partial charge in [-0.05, 0) is 77.1 Å². The molecule has 3 aromatic rings. The van der Waals surface area contributed by atoms with Gasteiger partial charge in [-0.15, -0.1) is 11.3 Å². The SMILES string of the molecule is O=C(Cc1cc(Br)sc1Br)NN=Cc1c(Br)cnn1Cc1ccc(Cl)cc1. The van der Waals surface area contributed by atoms with E-state index in [9.17, 15) is 4.79 Å². The number of carbonyl (C=O) groups excluding carboxylic acids is 1. The maximum Gasteiger partial charge on any atom is 0.244 e. The summed E-state index contributed by atoms with van der Waals surface area (Å²) >= 11 is 17.8. The summed E-state index contributed by atoms with van der Waals surface area (Å²) in [5.74, 6) is -0.197. The van der Waals surface area contributed by atoms with Crippen molar-refractivity contribution in [3.63, 3.8) is 0 Å². The molecule has 0 aliphatic rings. The third kappa shape index (κ3) is 5.74. The first kappa shape index (κ1) is 20.7. The molecular weight excluding hydrogens is 583 g/mol. The van der Waals surface area contributed by atoms with Gasteiger partial charge in [0.25, 0.3) is 0 Å². The summed E-state index contributed by atoms with van der Waals surface area (Å²) < 4.78 is 4.47. The van der Waals surface area contributed by atoms with Crippen LogP contribution in [0.3, 0.4) is 0 Å². The van der Waals surface area contributed by atoms with Crippen LogP contribution in [0.4, 0.5) is 0 Å².